The molecule has 47 heavy (non-hydrogen) atoms. The highest BCUT2D eigenvalue weighted by atomic mass is 16.5. The minimum atomic E-state index is -0.983. The van der Waals surface area contributed by atoms with E-state index in [0.717, 1.165) is 48.4 Å². The molecular formula is C35H41N5O7. The van der Waals surface area contributed by atoms with Crippen molar-refractivity contribution in [3.63, 3.8) is 0 Å². The number of ether oxygens (including phenoxy) is 1. The van der Waals surface area contributed by atoms with E-state index in [-0.39, 0.29) is 31.4 Å². The molecule has 2 N–H and O–H groups in total. The molecule has 2 aromatic rings. The molecule has 3 saturated heterocycles. The van der Waals surface area contributed by atoms with Gasteiger partial charge in [-0.05, 0) is 74.7 Å². The second-order valence-corrected chi connectivity index (χ2v) is 12.9. The number of rotatable bonds is 9. The number of hydrogen-bond donors (Lipinski definition) is 2. The van der Waals surface area contributed by atoms with Crippen LogP contribution in [0.2, 0.25) is 0 Å². The molecule has 0 saturated carbocycles. The van der Waals surface area contributed by atoms with E-state index in [1.54, 1.807) is 12.1 Å². The van der Waals surface area contributed by atoms with Crippen molar-refractivity contribution >= 4 is 35.6 Å². The summed E-state index contributed by atoms with van der Waals surface area (Å²) in [5.41, 5.74) is 2.33. The summed E-state index contributed by atoms with van der Waals surface area (Å²) in [6.45, 7) is 3.61. The topological polar surface area (TPSA) is 145 Å². The SMILES string of the molecule is O=C1CCC(N2C(=O)c3cccc(CN4CCC(CCC(=O)N5CCC(NC(=O)OCc6ccccc6)CC5)CC4)c3C2=O)C(=O)N1. The molecule has 4 heterocycles. The van der Waals surface area contributed by atoms with Gasteiger partial charge in [-0.15, -0.1) is 0 Å². The first-order chi connectivity index (χ1) is 22.8. The van der Waals surface area contributed by atoms with Crippen LogP contribution >= 0.6 is 0 Å². The third kappa shape index (κ3) is 7.54. The molecule has 4 aliphatic heterocycles. The summed E-state index contributed by atoms with van der Waals surface area (Å²) in [5.74, 6) is -1.40. The lowest BCUT2D eigenvalue weighted by molar-refractivity contribution is -0.136. The van der Waals surface area contributed by atoms with Crippen molar-refractivity contribution in [2.45, 2.75) is 76.6 Å². The van der Waals surface area contributed by atoms with Gasteiger partial charge in [-0.1, -0.05) is 42.5 Å². The van der Waals surface area contributed by atoms with Crippen molar-refractivity contribution in [3.8, 4) is 0 Å². The van der Waals surface area contributed by atoms with E-state index < -0.39 is 35.8 Å². The molecule has 12 heteroatoms. The van der Waals surface area contributed by atoms with Crippen molar-refractivity contribution in [2.24, 2.45) is 5.92 Å². The number of benzene rings is 2. The van der Waals surface area contributed by atoms with Gasteiger partial charge < -0.3 is 15.0 Å². The van der Waals surface area contributed by atoms with Crippen LogP contribution in [0.1, 0.15) is 83.2 Å². The van der Waals surface area contributed by atoms with Gasteiger partial charge in [-0.25, -0.2) is 4.79 Å². The summed E-state index contributed by atoms with van der Waals surface area (Å²) in [6, 6.07) is 13.8. The summed E-state index contributed by atoms with van der Waals surface area (Å²) < 4.78 is 5.33. The molecule has 4 aliphatic rings. The fraction of sp³-hybridized carbons (Fsp3) is 0.486. The van der Waals surface area contributed by atoms with Gasteiger partial charge in [0.1, 0.15) is 12.6 Å². The standard InChI is InChI=1S/C35H41N5O7/c41-29-11-10-28(32(43)37-29)40-33(44)27-8-4-7-25(31(27)34(40)45)21-38-17-13-23(14-18-38)9-12-30(42)39-19-15-26(16-20-39)36-35(46)47-22-24-5-2-1-3-6-24/h1-8,23,26,28H,9-22H2,(H,36,46)(H,37,41,43). The normalized spacial score (nSPS) is 21.1. The number of fused-ring (bicyclic) bond motifs is 1. The molecule has 3 fully saturated rings. The summed E-state index contributed by atoms with van der Waals surface area (Å²) in [7, 11) is 0. The lowest BCUT2D eigenvalue weighted by Crippen LogP contribution is -2.54. The van der Waals surface area contributed by atoms with Crippen LogP contribution in [-0.4, -0.2) is 88.6 Å². The first-order valence-electron chi connectivity index (χ1n) is 16.6. The highest BCUT2D eigenvalue weighted by Crippen LogP contribution is 2.32. The minimum Gasteiger partial charge on any atom is -0.445 e. The minimum absolute atomic E-state index is 0.00795. The second kappa shape index (κ2) is 14.5. The van der Waals surface area contributed by atoms with Crippen molar-refractivity contribution in [1.82, 2.24) is 25.3 Å². The molecule has 6 rings (SSSR count). The van der Waals surface area contributed by atoms with Gasteiger partial charge in [0.05, 0.1) is 11.1 Å². The Morgan fingerprint density at radius 1 is 0.851 bits per heavy atom. The van der Waals surface area contributed by atoms with Crippen molar-refractivity contribution in [2.75, 3.05) is 26.2 Å². The molecule has 1 atom stereocenters. The number of hydrogen-bond acceptors (Lipinski definition) is 8. The third-order valence-corrected chi connectivity index (χ3v) is 9.80. The number of piperidine rings is 3. The Bertz CT molecular complexity index is 1530. The Morgan fingerprint density at radius 3 is 2.32 bits per heavy atom. The van der Waals surface area contributed by atoms with Crippen LogP contribution in [-0.2, 0) is 32.3 Å². The van der Waals surface area contributed by atoms with Crippen molar-refractivity contribution in [1.29, 1.82) is 0 Å². The van der Waals surface area contributed by atoms with E-state index in [2.05, 4.69) is 15.5 Å². The number of carbonyl (C=O) groups is 6. The Labute approximate surface area is 273 Å². The van der Waals surface area contributed by atoms with Gasteiger partial charge >= 0.3 is 6.09 Å². The molecule has 0 spiro atoms. The first kappa shape index (κ1) is 32.4. The van der Waals surface area contributed by atoms with Crippen LogP contribution in [0.5, 0.6) is 0 Å². The smallest absolute Gasteiger partial charge is 0.407 e. The van der Waals surface area contributed by atoms with E-state index in [4.69, 9.17) is 4.74 Å². The summed E-state index contributed by atoms with van der Waals surface area (Å²) in [4.78, 5) is 81.0. The maximum absolute atomic E-state index is 13.4. The van der Waals surface area contributed by atoms with Crippen LogP contribution in [0, 0.1) is 5.92 Å². The molecule has 0 bridgehead atoms. The number of nitrogens with zero attached hydrogens (tertiary/aromatic N) is 3. The molecule has 0 aliphatic carbocycles. The Balaban J connectivity index is 0.916. The van der Waals surface area contributed by atoms with E-state index in [1.807, 2.05) is 41.3 Å². The fourth-order valence-corrected chi connectivity index (χ4v) is 7.08. The second-order valence-electron chi connectivity index (χ2n) is 12.9. The average molecular weight is 644 g/mol. The molecule has 1 unspecified atom stereocenters. The summed E-state index contributed by atoms with van der Waals surface area (Å²) in [5, 5.41) is 5.16. The maximum atomic E-state index is 13.4. The number of amides is 6. The number of alkyl carbamates (subject to hydrolysis) is 1. The number of likely N-dealkylation sites (tertiary alicyclic amines) is 2. The largest absolute Gasteiger partial charge is 0.445 e. The molecule has 248 valence electrons. The van der Waals surface area contributed by atoms with Crippen LogP contribution < -0.4 is 10.6 Å². The zero-order valence-corrected chi connectivity index (χ0v) is 26.4. The lowest BCUT2D eigenvalue weighted by Gasteiger charge is -2.34. The van der Waals surface area contributed by atoms with E-state index in [9.17, 15) is 28.8 Å². The lowest BCUT2D eigenvalue weighted by atomic mass is 9.91. The Kier molecular flexibility index (Phi) is 9.95. The number of imide groups is 2. The molecule has 0 aromatic heterocycles. The van der Waals surface area contributed by atoms with E-state index in [1.165, 1.54) is 0 Å². The van der Waals surface area contributed by atoms with E-state index in [0.29, 0.717) is 55.9 Å². The molecule has 6 amide bonds. The fourth-order valence-electron chi connectivity index (χ4n) is 7.08. The van der Waals surface area contributed by atoms with Gasteiger partial charge in [-0.2, -0.15) is 0 Å². The molecule has 0 radical (unpaired) electrons. The predicted octanol–water partition coefficient (Wildman–Crippen LogP) is 3.00. The Morgan fingerprint density at radius 2 is 1.60 bits per heavy atom. The number of carbonyl (C=O) groups excluding carboxylic acids is 6. The van der Waals surface area contributed by atoms with Gasteiger partial charge in [0.2, 0.25) is 17.7 Å². The predicted molar refractivity (Wildman–Crippen MR) is 170 cm³/mol. The highest BCUT2D eigenvalue weighted by Gasteiger charge is 2.45. The van der Waals surface area contributed by atoms with Crippen LogP contribution in [0.25, 0.3) is 0 Å². The first-order valence-corrected chi connectivity index (χ1v) is 16.6. The van der Waals surface area contributed by atoms with Crippen molar-refractivity contribution < 1.29 is 33.5 Å². The third-order valence-electron chi connectivity index (χ3n) is 9.80. The Hall–Kier alpha value is -4.58. The average Bonchev–Trinajstić information content (AvgIpc) is 3.33. The van der Waals surface area contributed by atoms with Gasteiger partial charge in [0.15, 0.2) is 0 Å². The van der Waals surface area contributed by atoms with Gasteiger partial charge in [0, 0.05) is 38.5 Å². The number of nitrogens with one attached hydrogen (secondary N) is 2. The van der Waals surface area contributed by atoms with E-state index >= 15 is 0 Å². The van der Waals surface area contributed by atoms with Gasteiger partial charge in [0.25, 0.3) is 11.8 Å². The van der Waals surface area contributed by atoms with Crippen LogP contribution in [0.4, 0.5) is 4.79 Å². The van der Waals surface area contributed by atoms with Gasteiger partial charge in [-0.3, -0.25) is 39.1 Å². The zero-order chi connectivity index (χ0) is 32.9. The monoisotopic (exact) mass is 643 g/mol. The van der Waals surface area contributed by atoms with Crippen LogP contribution in [0.3, 0.4) is 0 Å². The summed E-state index contributed by atoms with van der Waals surface area (Å²) in [6.07, 6.45) is 4.38. The summed E-state index contributed by atoms with van der Waals surface area (Å²) >= 11 is 0. The maximum Gasteiger partial charge on any atom is 0.407 e. The highest BCUT2D eigenvalue weighted by molar-refractivity contribution is 6.24. The van der Waals surface area contributed by atoms with Crippen LogP contribution in [0.15, 0.2) is 48.5 Å². The zero-order valence-electron chi connectivity index (χ0n) is 26.4. The molecule has 2 aromatic carbocycles. The van der Waals surface area contributed by atoms with Crippen molar-refractivity contribution in [3.05, 3.63) is 70.8 Å². The quantitative estimate of drug-likeness (QED) is 0.397. The molecule has 12 nitrogen and oxygen atoms in total. The molecular weight excluding hydrogens is 602 g/mol.